The molecule has 0 aromatic heterocycles. The van der Waals surface area contributed by atoms with Crippen LogP contribution in [0.2, 0.25) is 0 Å². The molecule has 2 atom stereocenters. The molecule has 2 unspecified atom stereocenters. The molecule has 0 spiro atoms. The summed E-state index contributed by atoms with van der Waals surface area (Å²) in [6.45, 7) is 9.19. The van der Waals surface area contributed by atoms with Crippen LogP contribution < -0.4 is 5.32 Å². The first-order valence-corrected chi connectivity index (χ1v) is 6.35. The first-order chi connectivity index (χ1) is 6.59. The van der Waals surface area contributed by atoms with Gasteiger partial charge in [0.1, 0.15) is 0 Å². The van der Waals surface area contributed by atoms with Gasteiger partial charge < -0.3 is 5.32 Å². The maximum atomic E-state index is 3.72. The largest absolute Gasteiger partial charge is 0.312 e. The standard InChI is InChI=1S/C13H27N/c1-10(2)8-9-12-6-5-7-13(12)14-11(3)4/h10-14H,5-9H2,1-4H3. The Morgan fingerprint density at radius 3 is 2.43 bits per heavy atom. The van der Waals surface area contributed by atoms with Gasteiger partial charge in [-0.15, -0.1) is 0 Å². The minimum atomic E-state index is 0.652. The van der Waals surface area contributed by atoms with Crippen molar-refractivity contribution in [3.63, 3.8) is 0 Å². The summed E-state index contributed by atoms with van der Waals surface area (Å²) in [5, 5.41) is 3.72. The van der Waals surface area contributed by atoms with Crippen LogP contribution in [-0.4, -0.2) is 12.1 Å². The van der Waals surface area contributed by atoms with E-state index in [9.17, 15) is 0 Å². The van der Waals surface area contributed by atoms with Crippen molar-refractivity contribution in [2.45, 2.75) is 71.9 Å². The molecule has 14 heavy (non-hydrogen) atoms. The summed E-state index contributed by atoms with van der Waals surface area (Å²) in [5.41, 5.74) is 0. The quantitative estimate of drug-likeness (QED) is 0.710. The zero-order chi connectivity index (χ0) is 10.6. The van der Waals surface area contributed by atoms with E-state index in [1.165, 1.54) is 32.1 Å². The molecule has 0 aliphatic heterocycles. The monoisotopic (exact) mass is 197 g/mol. The van der Waals surface area contributed by atoms with Crippen molar-refractivity contribution in [2.75, 3.05) is 0 Å². The van der Waals surface area contributed by atoms with Crippen molar-refractivity contribution >= 4 is 0 Å². The summed E-state index contributed by atoms with van der Waals surface area (Å²) in [7, 11) is 0. The molecule has 1 saturated carbocycles. The number of hydrogen-bond acceptors (Lipinski definition) is 1. The molecule has 0 saturated heterocycles. The topological polar surface area (TPSA) is 12.0 Å². The van der Waals surface area contributed by atoms with Crippen LogP contribution in [0.25, 0.3) is 0 Å². The first-order valence-electron chi connectivity index (χ1n) is 6.35. The minimum absolute atomic E-state index is 0.652. The predicted octanol–water partition coefficient (Wildman–Crippen LogP) is 3.59. The van der Waals surface area contributed by atoms with Crippen molar-refractivity contribution in [3.8, 4) is 0 Å². The van der Waals surface area contributed by atoms with Crippen LogP contribution in [0.4, 0.5) is 0 Å². The van der Waals surface area contributed by atoms with Crippen LogP contribution in [0.5, 0.6) is 0 Å². The Morgan fingerprint density at radius 1 is 1.14 bits per heavy atom. The zero-order valence-corrected chi connectivity index (χ0v) is 10.3. The summed E-state index contributed by atoms with van der Waals surface area (Å²) in [6, 6.07) is 1.47. The predicted molar refractivity (Wildman–Crippen MR) is 63.5 cm³/mol. The molecular weight excluding hydrogens is 170 g/mol. The second kappa shape index (κ2) is 5.75. The molecule has 0 radical (unpaired) electrons. The Bertz CT molecular complexity index is 151. The van der Waals surface area contributed by atoms with Crippen molar-refractivity contribution in [3.05, 3.63) is 0 Å². The zero-order valence-electron chi connectivity index (χ0n) is 10.3. The van der Waals surface area contributed by atoms with E-state index in [4.69, 9.17) is 0 Å². The highest BCUT2D eigenvalue weighted by Gasteiger charge is 2.26. The summed E-state index contributed by atoms with van der Waals surface area (Å²) < 4.78 is 0. The molecule has 1 N–H and O–H groups in total. The lowest BCUT2D eigenvalue weighted by Gasteiger charge is -2.23. The normalized spacial score (nSPS) is 27.9. The van der Waals surface area contributed by atoms with E-state index >= 15 is 0 Å². The highest BCUT2D eigenvalue weighted by atomic mass is 14.9. The minimum Gasteiger partial charge on any atom is -0.312 e. The Labute approximate surface area is 89.7 Å². The fourth-order valence-electron chi connectivity index (χ4n) is 2.58. The van der Waals surface area contributed by atoms with Gasteiger partial charge in [-0.3, -0.25) is 0 Å². The fraction of sp³-hybridized carbons (Fsp3) is 1.00. The van der Waals surface area contributed by atoms with Crippen LogP contribution in [0.3, 0.4) is 0 Å². The van der Waals surface area contributed by atoms with E-state index in [1.807, 2.05) is 0 Å². The lowest BCUT2D eigenvalue weighted by molar-refractivity contribution is 0.335. The molecule has 0 aromatic carbocycles. The lowest BCUT2D eigenvalue weighted by Crippen LogP contribution is -2.37. The summed E-state index contributed by atoms with van der Waals surface area (Å²) in [4.78, 5) is 0. The van der Waals surface area contributed by atoms with Crippen LogP contribution in [0, 0.1) is 11.8 Å². The van der Waals surface area contributed by atoms with E-state index < -0.39 is 0 Å². The Hall–Kier alpha value is -0.0400. The van der Waals surface area contributed by atoms with Gasteiger partial charge in [0.05, 0.1) is 0 Å². The molecule has 1 aliphatic rings. The van der Waals surface area contributed by atoms with Crippen molar-refractivity contribution in [1.82, 2.24) is 5.32 Å². The van der Waals surface area contributed by atoms with Gasteiger partial charge in [0.15, 0.2) is 0 Å². The maximum absolute atomic E-state index is 3.72. The number of nitrogens with one attached hydrogen (secondary N) is 1. The van der Waals surface area contributed by atoms with Gasteiger partial charge in [-0.05, 0) is 31.1 Å². The smallest absolute Gasteiger partial charge is 0.00976 e. The highest BCUT2D eigenvalue weighted by Crippen LogP contribution is 2.30. The molecule has 0 aromatic rings. The molecule has 1 nitrogen and oxygen atoms in total. The SMILES string of the molecule is CC(C)CCC1CCCC1NC(C)C. The third-order valence-electron chi connectivity index (χ3n) is 3.32. The average Bonchev–Trinajstić information content (AvgIpc) is 2.47. The molecule has 84 valence electrons. The molecule has 0 bridgehead atoms. The van der Waals surface area contributed by atoms with Crippen LogP contribution >= 0.6 is 0 Å². The van der Waals surface area contributed by atoms with Gasteiger partial charge in [-0.2, -0.15) is 0 Å². The highest BCUT2D eigenvalue weighted by molar-refractivity contribution is 4.84. The van der Waals surface area contributed by atoms with Gasteiger partial charge in [-0.25, -0.2) is 0 Å². The number of rotatable bonds is 5. The first kappa shape index (κ1) is 12.0. The van der Waals surface area contributed by atoms with E-state index in [0.717, 1.165) is 17.9 Å². The molecule has 1 heteroatoms. The third kappa shape index (κ3) is 4.00. The second-order valence-corrected chi connectivity index (χ2v) is 5.59. The van der Waals surface area contributed by atoms with Crippen LogP contribution in [-0.2, 0) is 0 Å². The van der Waals surface area contributed by atoms with Gasteiger partial charge in [0, 0.05) is 12.1 Å². The fourth-order valence-corrected chi connectivity index (χ4v) is 2.58. The average molecular weight is 197 g/mol. The van der Waals surface area contributed by atoms with E-state index in [-0.39, 0.29) is 0 Å². The van der Waals surface area contributed by atoms with E-state index in [1.54, 1.807) is 0 Å². The summed E-state index contributed by atoms with van der Waals surface area (Å²) in [5.74, 6) is 1.83. The van der Waals surface area contributed by atoms with E-state index in [2.05, 4.69) is 33.0 Å². The van der Waals surface area contributed by atoms with Gasteiger partial charge in [0.25, 0.3) is 0 Å². The lowest BCUT2D eigenvalue weighted by atomic mass is 9.93. The van der Waals surface area contributed by atoms with Crippen LogP contribution in [0.1, 0.15) is 59.8 Å². The van der Waals surface area contributed by atoms with Crippen LogP contribution in [0.15, 0.2) is 0 Å². The summed E-state index contributed by atoms with van der Waals surface area (Å²) in [6.07, 6.45) is 7.13. The maximum Gasteiger partial charge on any atom is 0.00976 e. The Balaban J connectivity index is 2.28. The third-order valence-corrected chi connectivity index (χ3v) is 3.32. The molecule has 0 heterocycles. The summed E-state index contributed by atoms with van der Waals surface area (Å²) >= 11 is 0. The van der Waals surface area contributed by atoms with Crippen molar-refractivity contribution in [1.29, 1.82) is 0 Å². The number of hydrogen-bond donors (Lipinski definition) is 1. The van der Waals surface area contributed by atoms with Crippen molar-refractivity contribution < 1.29 is 0 Å². The Kier molecular flexibility index (Phi) is 4.94. The molecular formula is C13H27N. The van der Waals surface area contributed by atoms with Gasteiger partial charge in [-0.1, -0.05) is 40.5 Å². The molecule has 0 amide bonds. The van der Waals surface area contributed by atoms with E-state index in [0.29, 0.717) is 6.04 Å². The second-order valence-electron chi connectivity index (χ2n) is 5.59. The van der Waals surface area contributed by atoms with Gasteiger partial charge in [0.2, 0.25) is 0 Å². The Morgan fingerprint density at radius 2 is 1.86 bits per heavy atom. The molecule has 1 fully saturated rings. The molecule has 1 rings (SSSR count). The van der Waals surface area contributed by atoms with Crippen molar-refractivity contribution in [2.24, 2.45) is 11.8 Å². The van der Waals surface area contributed by atoms with Gasteiger partial charge >= 0.3 is 0 Å². The molecule has 1 aliphatic carbocycles.